The molecule has 0 nitrogen and oxygen atoms in total. The maximum atomic E-state index is 2.25. The quantitative estimate of drug-likeness (QED) is 0.671. The molecule has 0 atom stereocenters. The molecule has 0 saturated carbocycles. The third kappa shape index (κ3) is 2.54. The molecular formula is C15H17B. The Balaban J connectivity index is 2.33. The third-order valence-corrected chi connectivity index (χ3v) is 2.90. The summed E-state index contributed by atoms with van der Waals surface area (Å²) in [6.07, 6.45) is 2.44. The van der Waals surface area contributed by atoms with E-state index >= 15 is 0 Å². The van der Waals surface area contributed by atoms with E-state index in [1.807, 2.05) is 0 Å². The highest BCUT2D eigenvalue weighted by Crippen LogP contribution is 2.23. The van der Waals surface area contributed by atoms with Crippen LogP contribution in [0.3, 0.4) is 0 Å². The van der Waals surface area contributed by atoms with Crippen molar-refractivity contribution in [2.45, 2.75) is 19.6 Å². The highest BCUT2D eigenvalue weighted by Gasteiger charge is 2.03. The molecule has 0 aliphatic rings. The Kier molecular flexibility index (Phi) is 3.82. The van der Waals surface area contributed by atoms with E-state index in [4.69, 9.17) is 0 Å². The fourth-order valence-electron chi connectivity index (χ4n) is 2.00. The minimum Gasteiger partial charge on any atom is -0.0800 e. The van der Waals surface area contributed by atoms with Crippen molar-refractivity contribution in [2.75, 3.05) is 0 Å². The smallest absolute Gasteiger partial charge is 0.0800 e. The van der Waals surface area contributed by atoms with Crippen LogP contribution in [0.5, 0.6) is 0 Å². The van der Waals surface area contributed by atoms with E-state index in [2.05, 4.69) is 61.5 Å². The molecule has 0 unspecified atom stereocenters. The standard InChI is InChI=1S/C15H17B/c1-2-16-12-14-10-6-7-11-15(14)13-8-4-3-5-9-13/h3-11,16H,2,12H2,1H3. The van der Waals surface area contributed by atoms with Crippen LogP contribution in [0.4, 0.5) is 0 Å². The van der Waals surface area contributed by atoms with Crippen molar-refractivity contribution >= 4 is 7.28 Å². The zero-order valence-electron chi connectivity index (χ0n) is 9.82. The monoisotopic (exact) mass is 208 g/mol. The van der Waals surface area contributed by atoms with Gasteiger partial charge in [0.2, 0.25) is 0 Å². The summed E-state index contributed by atoms with van der Waals surface area (Å²) in [5, 5.41) is 0. The molecule has 16 heavy (non-hydrogen) atoms. The average Bonchev–Trinajstić information content (AvgIpc) is 2.38. The van der Waals surface area contributed by atoms with Gasteiger partial charge in [0, 0.05) is 0 Å². The summed E-state index contributed by atoms with van der Waals surface area (Å²) >= 11 is 0. The molecule has 0 bridgehead atoms. The van der Waals surface area contributed by atoms with Crippen LogP contribution in [-0.2, 0) is 6.32 Å². The molecule has 0 saturated heterocycles. The first-order valence-electron chi connectivity index (χ1n) is 6.05. The van der Waals surface area contributed by atoms with Crippen LogP contribution in [0.15, 0.2) is 54.6 Å². The van der Waals surface area contributed by atoms with Gasteiger partial charge in [-0.15, -0.1) is 0 Å². The van der Waals surface area contributed by atoms with Crippen molar-refractivity contribution in [1.82, 2.24) is 0 Å². The molecule has 0 amide bonds. The van der Waals surface area contributed by atoms with Gasteiger partial charge in [-0.05, 0) is 16.7 Å². The van der Waals surface area contributed by atoms with E-state index in [9.17, 15) is 0 Å². The molecule has 2 rings (SSSR count). The summed E-state index contributed by atoms with van der Waals surface area (Å²) in [5.41, 5.74) is 4.18. The lowest BCUT2D eigenvalue weighted by Crippen LogP contribution is -1.96. The molecule has 2 aromatic carbocycles. The second-order valence-corrected chi connectivity index (χ2v) is 4.13. The van der Waals surface area contributed by atoms with E-state index in [1.165, 1.54) is 36.6 Å². The number of rotatable bonds is 4. The summed E-state index contributed by atoms with van der Waals surface area (Å²) in [6, 6.07) is 19.4. The minimum absolute atomic E-state index is 1.18. The molecule has 0 spiro atoms. The SMILES string of the molecule is CCBCc1ccccc1-c1ccccc1. The summed E-state index contributed by atoms with van der Waals surface area (Å²) in [5.74, 6) is 0. The third-order valence-electron chi connectivity index (χ3n) is 2.90. The van der Waals surface area contributed by atoms with Gasteiger partial charge in [0.05, 0.1) is 0 Å². The van der Waals surface area contributed by atoms with Gasteiger partial charge < -0.3 is 0 Å². The molecule has 0 heterocycles. The predicted octanol–water partition coefficient (Wildman–Crippen LogP) is 3.73. The Morgan fingerprint density at radius 3 is 2.31 bits per heavy atom. The lowest BCUT2D eigenvalue weighted by atomic mass is 9.68. The van der Waals surface area contributed by atoms with Crippen LogP contribution < -0.4 is 0 Å². The van der Waals surface area contributed by atoms with Gasteiger partial charge in [0.25, 0.3) is 0 Å². The van der Waals surface area contributed by atoms with Crippen molar-refractivity contribution in [2.24, 2.45) is 0 Å². The first-order chi connectivity index (χ1) is 7.92. The van der Waals surface area contributed by atoms with Gasteiger partial charge in [-0.3, -0.25) is 0 Å². The lowest BCUT2D eigenvalue weighted by molar-refractivity contribution is 1.33. The van der Waals surface area contributed by atoms with Crippen molar-refractivity contribution in [3.63, 3.8) is 0 Å². The zero-order chi connectivity index (χ0) is 11.2. The first-order valence-corrected chi connectivity index (χ1v) is 6.05. The number of benzene rings is 2. The first kappa shape index (κ1) is 11.0. The molecule has 0 aliphatic carbocycles. The van der Waals surface area contributed by atoms with Crippen molar-refractivity contribution in [1.29, 1.82) is 0 Å². The van der Waals surface area contributed by atoms with Crippen LogP contribution >= 0.6 is 0 Å². The van der Waals surface area contributed by atoms with Crippen molar-refractivity contribution < 1.29 is 0 Å². The average molecular weight is 208 g/mol. The Morgan fingerprint density at radius 2 is 1.56 bits per heavy atom. The molecular weight excluding hydrogens is 191 g/mol. The lowest BCUT2D eigenvalue weighted by Gasteiger charge is -2.08. The Hall–Kier alpha value is -1.50. The molecule has 0 aliphatic heterocycles. The Labute approximate surface area is 98.6 Å². The Bertz CT molecular complexity index is 434. The van der Waals surface area contributed by atoms with Crippen LogP contribution in [0.2, 0.25) is 6.32 Å². The molecule has 0 aromatic heterocycles. The second-order valence-electron chi connectivity index (χ2n) is 4.13. The maximum Gasteiger partial charge on any atom is 0.125 e. The van der Waals surface area contributed by atoms with E-state index in [-0.39, 0.29) is 0 Å². The molecule has 0 radical (unpaired) electrons. The van der Waals surface area contributed by atoms with Crippen LogP contribution in [0.1, 0.15) is 12.5 Å². The molecule has 2 aromatic rings. The summed E-state index contributed by atoms with van der Waals surface area (Å²) in [4.78, 5) is 0. The predicted molar refractivity (Wildman–Crippen MR) is 73.2 cm³/mol. The Morgan fingerprint density at radius 1 is 0.875 bits per heavy atom. The highest BCUT2D eigenvalue weighted by molar-refractivity contribution is 6.34. The summed E-state index contributed by atoms with van der Waals surface area (Å²) in [7, 11) is 1.27. The molecule has 0 fully saturated rings. The van der Waals surface area contributed by atoms with Crippen molar-refractivity contribution in [3.05, 3.63) is 60.2 Å². The molecule has 1 heteroatoms. The van der Waals surface area contributed by atoms with Gasteiger partial charge in [-0.1, -0.05) is 74.2 Å². The zero-order valence-corrected chi connectivity index (χ0v) is 9.82. The topological polar surface area (TPSA) is 0 Å². The van der Waals surface area contributed by atoms with Crippen LogP contribution in [-0.4, -0.2) is 7.28 Å². The van der Waals surface area contributed by atoms with Crippen molar-refractivity contribution in [3.8, 4) is 11.1 Å². The number of hydrogen-bond acceptors (Lipinski definition) is 0. The van der Waals surface area contributed by atoms with Crippen LogP contribution in [0, 0.1) is 0 Å². The van der Waals surface area contributed by atoms with E-state index in [1.54, 1.807) is 0 Å². The summed E-state index contributed by atoms with van der Waals surface area (Å²) < 4.78 is 0. The number of hydrogen-bond donors (Lipinski definition) is 0. The van der Waals surface area contributed by atoms with E-state index in [0.29, 0.717) is 0 Å². The van der Waals surface area contributed by atoms with E-state index < -0.39 is 0 Å². The fraction of sp³-hybridized carbons (Fsp3) is 0.200. The van der Waals surface area contributed by atoms with Gasteiger partial charge in [0.15, 0.2) is 0 Å². The second kappa shape index (κ2) is 5.55. The highest BCUT2D eigenvalue weighted by atomic mass is 14.0. The molecule has 0 N–H and O–H groups in total. The van der Waals surface area contributed by atoms with Crippen LogP contribution in [0.25, 0.3) is 11.1 Å². The van der Waals surface area contributed by atoms with Gasteiger partial charge in [-0.25, -0.2) is 0 Å². The van der Waals surface area contributed by atoms with Gasteiger partial charge >= 0.3 is 0 Å². The molecule has 80 valence electrons. The summed E-state index contributed by atoms with van der Waals surface area (Å²) in [6.45, 7) is 2.24. The van der Waals surface area contributed by atoms with Gasteiger partial charge in [0.1, 0.15) is 7.28 Å². The van der Waals surface area contributed by atoms with E-state index in [0.717, 1.165) is 0 Å². The maximum absolute atomic E-state index is 2.25. The fourth-order valence-corrected chi connectivity index (χ4v) is 2.00. The largest absolute Gasteiger partial charge is 0.125 e. The minimum atomic E-state index is 1.18. The van der Waals surface area contributed by atoms with Gasteiger partial charge in [-0.2, -0.15) is 0 Å². The normalized spacial score (nSPS) is 10.1.